The van der Waals surface area contributed by atoms with Gasteiger partial charge in [-0.05, 0) is 87.6 Å². The van der Waals surface area contributed by atoms with Crippen molar-refractivity contribution >= 4 is 11.1 Å². The minimum Gasteiger partial charge on any atom is -0.455 e. The summed E-state index contributed by atoms with van der Waals surface area (Å²) in [5.74, 6) is 2.43. The minimum atomic E-state index is -0.147. The Kier molecular flexibility index (Phi) is 7.21. The average molecular weight is 672 g/mol. The number of hydrogen-bond donors (Lipinski definition) is 1. The van der Waals surface area contributed by atoms with E-state index >= 15 is 0 Å². The van der Waals surface area contributed by atoms with Crippen LogP contribution in [0.4, 0.5) is 0 Å². The molecule has 1 N–H and O–H groups in total. The molecule has 4 aromatic carbocycles. The van der Waals surface area contributed by atoms with Gasteiger partial charge in [-0.2, -0.15) is 0 Å². The van der Waals surface area contributed by atoms with Gasteiger partial charge in [-0.3, -0.25) is 0 Å². The molecular formula is C50H41NO. The van der Waals surface area contributed by atoms with Gasteiger partial charge in [0.15, 0.2) is 0 Å². The summed E-state index contributed by atoms with van der Waals surface area (Å²) in [5.41, 5.74) is 17.6. The predicted octanol–water partition coefficient (Wildman–Crippen LogP) is 12.2. The van der Waals surface area contributed by atoms with E-state index in [-0.39, 0.29) is 11.5 Å². The molecule has 0 saturated heterocycles. The molecule has 0 bridgehead atoms. The molecule has 10 rings (SSSR count). The summed E-state index contributed by atoms with van der Waals surface area (Å²) in [7, 11) is 0. The molecule has 2 heteroatoms. The van der Waals surface area contributed by atoms with Crippen LogP contribution in [0.2, 0.25) is 0 Å². The van der Waals surface area contributed by atoms with E-state index in [0.29, 0.717) is 5.92 Å². The van der Waals surface area contributed by atoms with Crippen molar-refractivity contribution in [1.29, 1.82) is 0 Å². The molecule has 1 aliphatic heterocycles. The topological polar surface area (TPSA) is 25.2 Å². The Morgan fingerprint density at radius 2 is 1.52 bits per heavy atom. The number of rotatable bonds is 4. The number of nitrogens with one attached hydrogen (secondary N) is 1. The lowest BCUT2D eigenvalue weighted by Crippen LogP contribution is -2.25. The zero-order valence-corrected chi connectivity index (χ0v) is 29.7. The van der Waals surface area contributed by atoms with Crippen LogP contribution in [0.25, 0.3) is 33.6 Å². The minimum absolute atomic E-state index is 0.0150. The summed E-state index contributed by atoms with van der Waals surface area (Å²) in [4.78, 5) is 0. The molecule has 0 amide bonds. The van der Waals surface area contributed by atoms with Crippen molar-refractivity contribution in [3.8, 4) is 22.5 Å². The first-order valence-corrected chi connectivity index (χ1v) is 18.7. The zero-order chi connectivity index (χ0) is 34.8. The van der Waals surface area contributed by atoms with Crippen molar-refractivity contribution in [1.82, 2.24) is 5.32 Å². The average Bonchev–Trinajstić information content (AvgIpc) is 3.57. The molecule has 5 aromatic rings. The van der Waals surface area contributed by atoms with E-state index in [4.69, 9.17) is 4.42 Å². The second-order valence-electron chi connectivity index (χ2n) is 15.2. The van der Waals surface area contributed by atoms with E-state index in [1.807, 2.05) is 0 Å². The Bertz CT molecular complexity index is 2490. The van der Waals surface area contributed by atoms with Gasteiger partial charge in [0, 0.05) is 39.3 Å². The van der Waals surface area contributed by atoms with Crippen molar-refractivity contribution in [3.63, 3.8) is 0 Å². The third-order valence-electron chi connectivity index (χ3n) is 11.8. The molecule has 2 nitrogen and oxygen atoms in total. The molecule has 4 aliphatic carbocycles. The molecule has 0 spiro atoms. The van der Waals surface area contributed by atoms with Crippen LogP contribution in [0.5, 0.6) is 0 Å². The highest BCUT2D eigenvalue weighted by molar-refractivity contribution is 5.94. The van der Waals surface area contributed by atoms with E-state index < -0.39 is 0 Å². The zero-order valence-electron chi connectivity index (χ0n) is 29.7. The second-order valence-corrected chi connectivity index (χ2v) is 15.2. The van der Waals surface area contributed by atoms with Crippen molar-refractivity contribution in [2.45, 2.75) is 44.6 Å². The largest absolute Gasteiger partial charge is 0.455 e. The molecular weight excluding hydrogens is 631 g/mol. The van der Waals surface area contributed by atoms with Gasteiger partial charge in [0.05, 0.1) is 6.04 Å². The molecule has 1 aromatic heterocycles. The first kappa shape index (κ1) is 30.9. The number of dihydropyridines is 1. The molecule has 0 radical (unpaired) electrons. The van der Waals surface area contributed by atoms with Gasteiger partial charge >= 0.3 is 0 Å². The Labute approximate surface area is 306 Å². The van der Waals surface area contributed by atoms with Crippen LogP contribution >= 0.6 is 0 Å². The molecule has 2 atom stereocenters. The third-order valence-corrected chi connectivity index (χ3v) is 11.8. The van der Waals surface area contributed by atoms with E-state index in [2.05, 4.69) is 177 Å². The summed E-state index contributed by atoms with van der Waals surface area (Å²) in [6, 6.07) is 37.7. The fourth-order valence-corrected chi connectivity index (χ4v) is 9.09. The number of hydrogen-bond acceptors (Lipinski definition) is 2. The lowest BCUT2D eigenvalue weighted by molar-refractivity contribution is 0.558. The highest BCUT2D eigenvalue weighted by Gasteiger charge is 2.38. The Hall–Kier alpha value is -5.86. The molecule has 0 fully saturated rings. The first-order chi connectivity index (χ1) is 25.5. The van der Waals surface area contributed by atoms with Gasteiger partial charge < -0.3 is 9.73 Å². The third kappa shape index (κ3) is 5.00. The summed E-state index contributed by atoms with van der Waals surface area (Å²) in [5, 5.41) is 3.96. The summed E-state index contributed by atoms with van der Waals surface area (Å²) in [6.07, 6.45) is 23.5. The van der Waals surface area contributed by atoms with Gasteiger partial charge in [0.25, 0.3) is 0 Å². The Morgan fingerprint density at radius 1 is 0.750 bits per heavy atom. The second kappa shape index (κ2) is 12.1. The van der Waals surface area contributed by atoms with Crippen LogP contribution in [-0.4, -0.2) is 0 Å². The van der Waals surface area contributed by atoms with Crippen molar-refractivity contribution in [3.05, 3.63) is 214 Å². The normalized spacial score (nSPS) is 20.6. The van der Waals surface area contributed by atoms with E-state index in [1.54, 1.807) is 0 Å². The fraction of sp³-hybridized carbons (Fsp3) is 0.160. The van der Waals surface area contributed by atoms with Gasteiger partial charge in [0.2, 0.25) is 0 Å². The highest BCUT2D eigenvalue weighted by Crippen LogP contribution is 2.53. The molecule has 52 heavy (non-hydrogen) atoms. The lowest BCUT2D eigenvalue weighted by atomic mass is 9.75. The van der Waals surface area contributed by atoms with Crippen LogP contribution in [0.1, 0.15) is 71.9 Å². The lowest BCUT2D eigenvalue weighted by Gasteiger charge is -2.30. The smallest absolute Gasteiger partial charge is 0.143 e. The summed E-state index contributed by atoms with van der Waals surface area (Å²) >= 11 is 0. The van der Waals surface area contributed by atoms with Crippen LogP contribution in [0.3, 0.4) is 0 Å². The van der Waals surface area contributed by atoms with Crippen molar-refractivity contribution in [2.24, 2.45) is 5.92 Å². The van der Waals surface area contributed by atoms with E-state index in [0.717, 1.165) is 30.8 Å². The van der Waals surface area contributed by atoms with Gasteiger partial charge in [0.1, 0.15) is 11.5 Å². The molecule has 0 saturated carbocycles. The summed E-state index contributed by atoms with van der Waals surface area (Å²) in [6.45, 7) is 4.70. The quantitative estimate of drug-likeness (QED) is 0.206. The van der Waals surface area contributed by atoms with Crippen molar-refractivity contribution < 1.29 is 4.42 Å². The predicted molar refractivity (Wildman–Crippen MR) is 214 cm³/mol. The van der Waals surface area contributed by atoms with Crippen molar-refractivity contribution in [2.75, 3.05) is 0 Å². The molecule has 5 aliphatic rings. The van der Waals surface area contributed by atoms with Gasteiger partial charge in [-0.1, -0.05) is 153 Å². The SMILES string of the molecule is CC1(C)c2ccccc2-c2oc3c(c2-c2ccccc21)CCC=C3c1cccc(C2C=C(c3ccccc3)C=C(C3=CC=C4C=CC=CC4C3)N2)c1. The maximum atomic E-state index is 7.12. The fourth-order valence-electron chi connectivity index (χ4n) is 9.09. The maximum Gasteiger partial charge on any atom is 0.143 e. The van der Waals surface area contributed by atoms with Crippen LogP contribution in [0, 0.1) is 5.92 Å². The van der Waals surface area contributed by atoms with E-state index in [9.17, 15) is 0 Å². The molecule has 2 heterocycles. The van der Waals surface area contributed by atoms with Gasteiger partial charge in [-0.15, -0.1) is 0 Å². The maximum absolute atomic E-state index is 7.12. The summed E-state index contributed by atoms with van der Waals surface area (Å²) < 4.78 is 7.12. The van der Waals surface area contributed by atoms with Crippen LogP contribution < -0.4 is 5.32 Å². The van der Waals surface area contributed by atoms with Crippen LogP contribution in [0.15, 0.2) is 179 Å². The number of benzene rings is 4. The molecule has 2 unspecified atom stereocenters. The first-order valence-electron chi connectivity index (χ1n) is 18.7. The van der Waals surface area contributed by atoms with E-state index in [1.165, 1.54) is 78.1 Å². The highest BCUT2D eigenvalue weighted by atomic mass is 16.3. The van der Waals surface area contributed by atoms with Gasteiger partial charge in [-0.25, -0.2) is 0 Å². The Morgan fingerprint density at radius 3 is 2.38 bits per heavy atom. The number of allylic oxidation sites excluding steroid dienone is 11. The number of fused-ring (bicyclic) bond motifs is 8. The molecule has 252 valence electrons. The Balaban J connectivity index is 1.06. The monoisotopic (exact) mass is 671 g/mol. The van der Waals surface area contributed by atoms with Crippen LogP contribution in [-0.2, 0) is 11.8 Å². The standard InChI is InChI=1S/C50H41NO/c1-50(2)43-24-10-8-20-40(43)47-42-23-13-22-39(48(42)52-49(47)41-21-9-11-25-44(41)50)35-18-12-19-36(29-35)45-30-38(32-14-4-3-5-15-32)31-46(51-45)37-27-26-33-16-6-7-17-34(33)28-37/h3-12,14-22,24-27,29-31,34,45,51H,13,23,28H2,1-2H3. The number of furan rings is 1.